The molecule has 1 heteroatoms. The van der Waals surface area contributed by atoms with Gasteiger partial charge in [-0.2, -0.15) is 0 Å². The first-order valence-corrected chi connectivity index (χ1v) is 19.9. The Morgan fingerprint density at radius 2 is 0.815 bits per heavy atom. The second kappa shape index (κ2) is 11.2. The van der Waals surface area contributed by atoms with Gasteiger partial charge in [0.05, 0.1) is 5.69 Å². The normalized spacial score (nSPS) is 17.0. The van der Waals surface area contributed by atoms with E-state index in [4.69, 9.17) is 0 Å². The van der Waals surface area contributed by atoms with Crippen LogP contribution >= 0.6 is 0 Å². The lowest BCUT2D eigenvalue weighted by molar-refractivity contribution is 0.550. The Kier molecular flexibility index (Phi) is 6.59. The van der Waals surface area contributed by atoms with E-state index in [-0.39, 0.29) is 16.2 Å². The molecular weight excluding hydrogens is 651 g/mol. The molecule has 7 aromatic carbocycles. The van der Waals surface area contributed by atoms with Crippen molar-refractivity contribution in [2.45, 2.75) is 69.6 Å². The third kappa shape index (κ3) is 4.16. The summed E-state index contributed by atoms with van der Waals surface area (Å²) in [7, 11) is 0. The molecular formula is C53H45N. The lowest BCUT2D eigenvalue weighted by atomic mass is 9.77. The minimum Gasteiger partial charge on any atom is -0.310 e. The lowest BCUT2D eigenvalue weighted by Gasteiger charge is -2.31. The van der Waals surface area contributed by atoms with Crippen LogP contribution in [-0.4, -0.2) is 0 Å². The van der Waals surface area contributed by atoms with Crippen molar-refractivity contribution in [3.8, 4) is 44.5 Å². The molecule has 0 saturated heterocycles. The molecule has 0 unspecified atom stereocenters. The Morgan fingerprint density at radius 3 is 1.52 bits per heavy atom. The van der Waals surface area contributed by atoms with E-state index in [9.17, 15) is 0 Å². The highest BCUT2D eigenvalue weighted by Gasteiger charge is 2.45. The van der Waals surface area contributed by atoms with Gasteiger partial charge in [-0.1, -0.05) is 162 Å². The van der Waals surface area contributed by atoms with Gasteiger partial charge in [-0.25, -0.2) is 0 Å². The summed E-state index contributed by atoms with van der Waals surface area (Å²) in [6.45, 7) is 9.50. The summed E-state index contributed by atoms with van der Waals surface area (Å²) < 4.78 is 0. The molecule has 7 aromatic rings. The molecule has 0 atom stereocenters. The van der Waals surface area contributed by atoms with Crippen LogP contribution in [0, 0.1) is 0 Å². The van der Waals surface area contributed by atoms with Crippen LogP contribution in [0.5, 0.6) is 0 Å². The molecule has 0 aliphatic heterocycles. The van der Waals surface area contributed by atoms with Crippen molar-refractivity contribution in [1.29, 1.82) is 0 Å². The molecule has 0 bridgehead atoms. The number of benzene rings is 7. The first-order valence-electron chi connectivity index (χ1n) is 19.9. The molecule has 1 nitrogen and oxygen atoms in total. The number of fused-ring (bicyclic) bond motifs is 11. The summed E-state index contributed by atoms with van der Waals surface area (Å²) in [5.41, 5.74) is 23.0. The van der Waals surface area contributed by atoms with Gasteiger partial charge in [-0.05, 0) is 115 Å². The van der Waals surface area contributed by atoms with Crippen molar-refractivity contribution in [1.82, 2.24) is 0 Å². The molecule has 4 aliphatic carbocycles. The van der Waals surface area contributed by atoms with Crippen molar-refractivity contribution in [3.05, 3.63) is 185 Å². The smallest absolute Gasteiger partial charge is 0.0540 e. The Balaban J connectivity index is 1.17. The summed E-state index contributed by atoms with van der Waals surface area (Å²) in [5.74, 6) is 0. The van der Waals surface area contributed by atoms with E-state index in [2.05, 4.69) is 184 Å². The largest absolute Gasteiger partial charge is 0.310 e. The number of nitrogens with zero attached hydrogens (tertiary/aromatic N) is 1. The number of anilines is 3. The molecule has 1 fully saturated rings. The van der Waals surface area contributed by atoms with Gasteiger partial charge in [0, 0.05) is 33.2 Å². The second-order valence-electron chi connectivity index (χ2n) is 17.2. The van der Waals surface area contributed by atoms with E-state index in [1.165, 1.54) is 121 Å². The van der Waals surface area contributed by atoms with Gasteiger partial charge >= 0.3 is 0 Å². The molecule has 0 heterocycles. The Morgan fingerprint density at radius 1 is 0.370 bits per heavy atom. The standard InChI is InChI=1S/C53H45N/c1-51(2)43-21-9-5-16-36(43)41-32-34(26-28-45(41)51)54(35-27-29-47-42(33-35)37-17-6-11-23-46(37)53(47)30-13-14-31-53)49-25-12-8-18-38(49)39-20-15-24-48-50(39)40-19-7-10-22-44(40)52(48,3)4/h5-12,15-29,32-33H,13-14,30-31H2,1-4H3. The van der Waals surface area contributed by atoms with Crippen molar-refractivity contribution in [3.63, 3.8) is 0 Å². The molecule has 1 spiro atoms. The number of hydrogen-bond acceptors (Lipinski definition) is 1. The Labute approximate surface area is 320 Å². The minimum absolute atomic E-state index is 0.0507. The molecule has 1 saturated carbocycles. The quantitative estimate of drug-likeness (QED) is 0.177. The second-order valence-corrected chi connectivity index (χ2v) is 17.2. The highest BCUT2D eigenvalue weighted by atomic mass is 15.1. The highest BCUT2D eigenvalue weighted by molar-refractivity contribution is 5.99. The summed E-state index contributed by atoms with van der Waals surface area (Å²) in [6, 6.07) is 58.0. The zero-order chi connectivity index (χ0) is 36.4. The first kappa shape index (κ1) is 31.8. The van der Waals surface area contributed by atoms with Gasteiger partial charge < -0.3 is 4.90 Å². The van der Waals surface area contributed by atoms with E-state index in [0.717, 1.165) is 0 Å². The van der Waals surface area contributed by atoms with Crippen molar-refractivity contribution < 1.29 is 0 Å². The number of para-hydroxylation sites is 1. The van der Waals surface area contributed by atoms with Gasteiger partial charge in [0.1, 0.15) is 0 Å². The van der Waals surface area contributed by atoms with Gasteiger partial charge in [0.2, 0.25) is 0 Å². The van der Waals surface area contributed by atoms with E-state index in [1.54, 1.807) is 0 Å². The van der Waals surface area contributed by atoms with Crippen molar-refractivity contribution in [2.24, 2.45) is 0 Å². The molecule has 11 rings (SSSR count). The molecule has 0 amide bonds. The van der Waals surface area contributed by atoms with Crippen LogP contribution in [0.1, 0.15) is 86.8 Å². The zero-order valence-corrected chi connectivity index (χ0v) is 31.7. The van der Waals surface area contributed by atoms with Crippen LogP contribution in [-0.2, 0) is 16.2 Å². The maximum atomic E-state index is 2.55. The predicted molar refractivity (Wildman–Crippen MR) is 226 cm³/mol. The summed E-state index contributed by atoms with van der Waals surface area (Å²) in [6.07, 6.45) is 5.06. The molecule has 54 heavy (non-hydrogen) atoms. The van der Waals surface area contributed by atoms with Crippen LogP contribution in [0.2, 0.25) is 0 Å². The van der Waals surface area contributed by atoms with Crippen molar-refractivity contribution >= 4 is 17.1 Å². The lowest BCUT2D eigenvalue weighted by Crippen LogP contribution is -2.20. The highest BCUT2D eigenvalue weighted by Crippen LogP contribution is 2.59. The third-order valence-electron chi connectivity index (χ3n) is 13.8. The van der Waals surface area contributed by atoms with Gasteiger partial charge in [-0.15, -0.1) is 0 Å². The fourth-order valence-electron chi connectivity index (χ4n) is 11.3. The maximum Gasteiger partial charge on any atom is 0.0540 e. The Bertz CT molecular complexity index is 2680. The van der Waals surface area contributed by atoms with Crippen molar-refractivity contribution in [2.75, 3.05) is 4.90 Å². The van der Waals surface area contributed by atoms with Crippen LogP contribution in [0.3, 0.4) is 0 Å². The molecule has 0 radical (unpaired) electrons. The van der Waals surface area contributed by atoms with Gasteiger partial charge in [-0.3, -0.25) is 0 Å². The fraction of sp³-hybridized carbons (Fsp3) is 0.208. The topological polar surface area (TPSA) is 3.24 Å². The SMILES string of the molecule is CC1(C)c2ccccc2-c2cc(N(c3ccc4c(c3)-c3ccccc3C43CCCC3)c3ccccc3-c3cccc4c3-c3ccccc3C4(C)C)ccc21. The van der Waals surface area contributed by atoms with Crippen LogP contribution in [0.15, 0.2) is 152 Å². The summed E-state index contributed by atoms with van der Waals surface area (Å²) in [4.78, 5) is 2.55. The first-order chi connectivity index (χ1) is 26.3. The van der Waals surface area contributed by atoms with Crippen LogP contribution in [0.4, 0.5) is 17.1 Å². The van der Waals surface area contributed by atoms with Crippen LogP contribution < -0.4 is 4.90 Å². The van der Waals surface area contributed by atoms with E-state index in [1.807, 2.05) is 0 Å². The predicted octanol–water partition coefficient (Wildman–Crippen LogP) is 14.3. The average Bonchev–Trinajstić information content (AvgIpc) is 3.92. The average molecular weight is 696 g/mol. The zero-order valence-electron chi connectivity index (χ0n) is 31.7. The summed E-state index contributed by atoms with van der Waals surface area (Å²) in [5, 5.41) is 0. The summed E-state index contributed by atoms with van der Waals surface area (Å²) >= 11 is 0. The van der Waals surface area contributed by atoms with Gasteiger partial charge in [0.25, 0.3) is 0 Å². The monoisotopic (exact) mass is 695 g/mol. The Hall–Kier alpha value is -5.66. The van der Waals surface area contributed by atoms with E-state index < -0.39 is 0 Å². The number of hydrogen-bond donors (Lipinski definition) is 0. The molecule has 4 aliphatic rings. The third-order valence-corrected chi connectivity index (χ3v) is 13.8. The van der Waals surface area contributed by atoms with Gasteiger partial charge in [0.15, 0.2) is 0 Å². The maximum absolute atomic E-state index is 2.55. The minimum atomic E-state index is -0.0691. The fourth-order valence-corrected chi connectivity index (χ4v) is 11.3. The van der Waals surface area contributed by atoms with E-state index >= 15 is 0 Å². The van der Waals surface area contributed by atoms with E-state index in [0.29, 0.717) is 0 Å². The molecule has 0 N–H and O–H groups in total. The molecule has 262 valence electrons. The number of rotatable bonds is 4. The van der Waals surface area contributed by atoms with Crippen LogP contribution in [0.25, 0.3) is 44.5 Å². The molecule has 0 aromatic heterocycles.